The van der Waals surface area contributed by atoms with Crippen LogP contribution >= 0.6 is 12.2 Å². The van der Waals surface area contributed by atoms with Gasteiger partial charge in [0.2, 0.25) is 11.0 Å². The average Bonchev–Trinajstić information content (AvgIpc) is 2.87. The van der Waals surface area contributed by atoms with Crippen molar-refractivity contribution in [2.75, 3.05) is 5.32 Å². The highest BCUT2D eigenvalue weighted by Gasteiger charge is 2.11. The number of nitrogens with zero attached hydrogens (tertiary/aromatic N) is 2. The quantitative estimate of drug-likeness (QED) is 0.421. The molecule has 5 nitrogen and oxygen atoms in total. The maximum atomic E-state index is 13.2. The molecule has 1 heterocycles. The van der Waals surface area contributed by atoms with Gasteiger partial charge in [-0.15, -0.1) is 10.2 Å². The van der Waals surface area contributed by atoms with E-state index in [1.165, 1.54) is 23.8 Å². The lowest BCUT2D eigenvalue weighted by Crippen LogP contribution is -2.04. The molecule has 3 rings (SSSR count). The highest BCUT2D eigenvalue weighted by Crippen LogP contribution is 2.35. The van der Waals surface area contributed by atoms with Crippen molar-refractivity contribution in [2.24, 2.45) is 10.2 Å². The summed E-state index contributed by atoms with van der Waals surface area (Å²) in [5.74, 6) is -0.136. The first kappa shape index (κ1) is 17.0. The van der Waals surface area contributed by atoms with Gasteiger partial charge in [0.15, 0.2) is 5.69 Å². The summed E-state index contributed by atoms with van der Waals surface area (Å²) in [6.45, 7) is 4.25. The Morgan fingerprint density at radius 3 is 2.60 bits per heavy atom. The summed E-state index contributed by atoms with van der Waals surface area (Å²) in [6.07, 6.45) is 0. The van der Waals surface area contributed by atoms with Gasteiger partial charge in [-0.2, -0.15) is 0 Å². The number of thiocarbonyl (C=S) groups is 1. The van der Waals surface area contributed by atoms with Crippen LogP contribution in [0.4, 0.5) is 15.8 Å². The number of aromatic nitrogens is 1. The van der Waals surface area contributed by atoms with Crippen LogP contribution in [-0.4, -0.2) is 15.2 Å². The fraction of sp³-hybridized carbons (Fsp3) is 0.167. The monoisotopic (exact) mass is 356 g/mol. The summed E-state index contributed by atoms with van der Waals surface area (Å²) in [4.78, 5) is 2.66. The molecule has 0 unspecified atom stereocenters. The largest absolute Gasteiger partial charge is 0.493 e. The number of hydrogen-bond donors (Lipinski definition) is 3. The lowest BCUT2D eigenvalue weighted by molar-refractivity contribution is 0.459. The van der Waals surface area contributed by atoms with E-state index in [0.717, 1.165) is 5.69 Å². The second-order valence-corrected chi connectivity index (χ2v) is 6.31. The van der Waals surface area contributed by atoms with Crippen LogP contribution in [0.25, 0.3) is 10.9 Å². The molecule has 0 aliphatic heterocycles. The van der Waals surface area contributed by atoms with Crippen molar-refractivity contribution in [3.63, 3.8) is 0 Å². The molecule has 1 aromatic heterocycles. The number of fused-ring (bicyclic) bond motifs is 1. The minimum Gasteiger partial charge on any atom is -0.493 e. The van der Waals surface area contributed by atoms with Crippen LogP contribution in [0.15, 0.2) is 52.7 Å². The van der Waals surface area contributed by atoms with Crippen LogP contribution in [0, 0.1) is 5.82 Å². The van der Waals surface area contributed by atoms with E-state index in [2.05, 4.69) is 34.4 Å². The number of aromatic amines is 1. The lowest BCUT2D eigenvalue weighted by Gasteiger charge is -2.07. The molecule has 0 radical (unpaired) electrons. The summed E-state index contributed by atoms with van der Waals surface area (Å²) in [7, 11) is 0. The zero-order chi connectivity index (χ0) is 18.0. The van der Waals surface area contributed by atoms with Gasteiger partial charge in [-0.05, 0) is 54.0 Å². The fourth-order valence-electron chi connectivity index (χ4n) is 2.44. The van der Waals surface area contributed by atoms with Gasteiger partial charge in [-0.3, -0.25) is 0 Å². The predicted molar refractivity (Wildman–Crippen MR) is 101 cm³/mol. The van der Waals surface area contributed by atoms with Gasteiger partial charge in [-0.1, -0.05) is 26.0 Å². The molecule has 0 bridgehead atoms. The Bertz CT molecular complexity index is 948. The maximum absolute atomic E-state index is 13.2. The Morgan fingerprint density at radius 1 is 1.20 bits per heavy atom. The van der Waals surface area contributed by atoms with E-state index >= 15 is 0 Å². The van der Waals surface area contributed by atoms with Crippen LogP contribution in [0.2, 0.25) is 0 Å². The van der Waals surface area contributed by atoms with E-state index in [1.807, 2.05) is 24.3 Å². The van der Waals surface area contributed by atoms with E-state index in [4.69, 9.17) is 12.2 Å². The predicted octanol–water partition coefficient (Wildman–Crippen LogP) is 5.62. The molecule has 7 heteroatoms. The van der Waals surface area contributed by atoms with Crippen LogP contribution in [0.3, 0.4) is 0 Å². The number of halogens is 1. The van der Waals surface area contributed by atoms with Crippen molar-refractivity contribution in [3.05, 3.63) is 53.8 Å². The second-order valence-electron chi connectivity index (χ2n) is 5.92. The van der Waals surface area contributed by atoms with Gasteiger partial charge < -0.3 is 15.4 Å². The molecule has 0 aliphatic rings. The van der Waals surface area contributed by atoms with E-state index in [9.17, 15) is 9.50 Å². The Hall–Kier alpha value is -2.80. The van der Waals surface area contributed by atoms with E-state index in [0.29, 0.717) is 16.8 Å². The molecular weight excluding hydrogens is 339 g/mol. The SMILES string of the molecule is CC(C)c1ccc(NC(=S)N=Nc2c(O)[nH]c3cc(F)ccc23)cc1. The molecule has 0 atom stereocenters. The zero-order valence-electron chi connectivity index (χ0n) is 13.7. The zero-order valence-corrected chi connectivity index (χ0v) is 14.6. The molecule has 3 aromatic rings. The number of azo groups is 1. The average molecular weight is 356 g/mol. The van der Waals surface area contributed by atoms with Gasteiger partial charge in [0, 0.05) is 11.1 Å². The Kier molecular flexibility index (Phi) is 4.76. The van der Waals surface area contributed by atoms with E-state index in [-0.39, 0.29) is 16.7 Å². The third-order valence-corrected chi connectivity index (χ3v) is 3.97. The molecule has 3 N–H and O–H groups in total. The molecular formula is C18H17FN4OS. The lowest BCUT2D eigenvalue weighted by atomic mass is 10.0. The van der Waals surface area contributed by atoms with Crippen molar-refractivity contribution >= 4 is 39.6 Å². The van der Waals surface area contributed by atoms with E-state index in [1.54, 1.807) is 0 Å². The first-order valence-electron chi connectivity index (χ1n) is 7.77. The first-order valence-corrected chi connectivity index (χ1v) is 8.17. The summed E-state index contributed by atoms with van der Waals surface area (Å²) in [6, 6.07) is 12.0. The van der Waals surface area contributed by atoms with Gasteiger partial charge in [-0.25, -0.2) is 4.39 Å². The third-order valence-electron chi connectivity index (χ3n) is 3.78. The number of nitrogens with one attached hydrogen (secondary N) is 2. The number of anilines is 1. The topological polar surface area (TPSA) is 72.8 Å². The van der Waals surface area contributed by atoms with E-state index < -0.39 is 5.82 Å². The summed E-state index contributed by atoms with van der Waals surface area (Å²) >= 11 is 5.16. The van der Waals surface area contributed by atoms with Crippen molar-refractivity contribution < 1.29 is 9.50 Å². The van der Waals surface area contributed by atoms with Gasteiger partial charge in [0.25, 0.3) is 0 Å². The summed E-state index contributed by atoms with van der Waals surface area (Å²) < 4.78 is 13.2. The molecule has 0 spiro atoms. The second kappa shape index (κ2) is 6.98. The van der Waals surface area contributed by atoms with Gasteiger partial charge >= 0.3 is 0 Å². The first-order chi connectivity index (χ1) is 11.9. The minimum absolute atomic E-state index is 0.160. The molecule has 0 aliphatic carbocycles. The van der Waals surface area contributed by atoms with Crippen LogP contribution < -0.4 is 5.32 Å². The summed E-state index contributed by atoms with van der Waals surface area (Å²) in [5.41, 5.74) is 2.69. The molecule has 25 heavy (non-hydrogen) atoms. The number of H-pyrrole nitrogens is 1. The molecule has 0 fully saturated rings. The highest BCUT2D eigenvalue weighted by atomic mass is 32.1. The van der Waals surface area contributed by atoms with Crippen LogP contribution in [0.1, 0.15) is 25.3 Å². The van der Waals surface area contributed by atoms with Gasteiger partial charge in [0.1, 0.15) is 5.82 Å². The number of aromatic hydroxyl groups is 1. The molecule has 2 aromatic carbocycles. The van der Waals surface area contributed by atoms with Crippen molar-refractivity contribution in [3.8, 4) is 5.88 Å². The molecule has 128 valence electrons. The minimum atomic E-state index is -0.403. The number of hydrogen-bond acceptors (Lipinski definition) is 3. The molecule has 0 saturated carbocycles. The van der Waals surface area contributed by atoms with Crippen molar-refractivity contribution in [1.29, 1.82) is 0 Å². The summed E-state index contributed by atoms with van der Waals surface area (Å²) in [5, 5.41) is 21.5. The third kappa shape index (κ3) is 3.83. The van der Waals surface area contributed by atoms with Crippen LogP contribution in [-0.2, 0) is 0 Å². The molecule has 0 amide bonds. The van der Waals surface area contributed by atoms with Crippen LogP contribution in [0.5, 0.6) is 5.88 Å². The fourth-order valence-corrected chi connectivity index (χ4v) is 2.60. The standard InChI is InChI=1S/C18H17FN4OS/c1-10(2)11-3-6-13(7-4-11)20-18(25)23-22-16-14-8-5-12(19)9-15(14)21-17(16)24/h3-10,21,24H,1-2H3,(H,20,25). The smallest absolute Gasteiger partial charge is 0.218 e. The molecule has 0 saturated heterocycles. The Balaban J connectivity index is 1.75. The van der Waals surface area contributed by atoms with Gasteiger partial charge in [0.05, 0.1) is 5.52 Å². The number of benzene rings is 2. The Morgan fingerprint density at radius 2 is 1.92 bits per heavy atom. The normalized spacial score (nSPS) is 11.5. The maximum Gasteiger partial charge on any atom is 0.218 e. The van der Waals surface area contributed by atoms with Crippen molar-refractivity contribution in [1.82, 2.24) is 4.98 Å². The number of rotatable bonds is 3. The Labute approximate surface area is 149 Å². The van der Waals surface area contributed by atoms with Crippen molar-refractivity contribution in [2.45, 2.75) is 19.8 Å². The highest BCUT2D eigenvalue weighted by molar-refractivity contribution is 7.80.